The summed E-state index contributed by atoms with van der Waals surface area (Å²) in [6.07, 6.45) is 0. The van der Waals surface area contributed by atoms with Crippen LogP contribution in [0.2, 0.25) is 0 Å². The molecule has 15 heavy (non-hydrogen) atoms. The van der Waals surface area contributed by atoms with E-state index in [-0.39, 0.29) is 31.4 Å². The molecule has 0 spiro atoms. The summed E-state index contributed by atoms with van der Waals surface area (Å²) in [4.78, 5) is 36.0. The van der Waals surface area contributed by atoms with E-state index in [0.717, 1.165) is 0 Å². The Balaban J connectivity index is 2.59. The van der Waals surface area contributed by atoms with Crippen molar-refractivity contribution >= 4 is 17.7 Å². The van der Waals surface area contributed by atoms with E-state index in [4.69, 9.17) is 11.5 Å². The fourth-order valence-electron chi connectivity index (χ4n) is 1.26. The summed E-state index contributed by atoms with van der Waals surface area (Å²) >= 11 is 0. The average molecular weight is 214 g/mol. The molecule has 1 fully saturated rings. The summed E-state index contributed by atoms with van der Waals surface area (Å²) in [5.41, 5.74) is 10.4. The lowest BCUT2D eigenvalue weighted by atomic mass is 10.2. The van der Waals surface area contributed by atoms with Crippen LogP contribution in [-0.2, 0) is 14.4 Å². The number of rotatable bonds is 3. The summed E-state index contributed by atoms with van der Waals surface area (Å²) in [5, 5.41) is 0. The predicted octanol–water partition coefficient (Wildman–Crippen LogP) is -2.90. The largest absolute Gasteiger partial charge is 0.368 e. The van der Waals surface area contributed by atoms with Gasteiger partial charge in [-0.05, 0) is 0 Å². The highest BCUT2D eigenvalue weighted by Crippen LogP contribution is 2.02. The number of hydrogen-bond donors (Lipinski definition) is 2. The van der Waals surface area contributed by atoms with Crippen LogP contribution in [0.5, 0.6) is 0 Å². The zero-order chi connectivity index (χ0) is 11.6. The first kappa shape index (κ1) is 11.4. The third-order valence-electron chi connectivity index (χ3n) is 2.26. The van der Waals surface area contributed by atoms with E-state index >= 15 is 0 Å². The standard InChI is InChI=1S/C8H14N4O3/c1-11-3-7(14)12(4-6(11)13)2-5(9)8(10)15/h5H,2-4,9H2,1H3,(H2,10,15). The van der Waals surface area contributed by atoms with E-state index in [2.05, 4.69) is 0 Å². The van der Waals surface area contributed by atoms with Crippen molar-refractivity contribution in [2.75, 3.05) is 26.7 Å². The molecule has 0 radical (unpaired) electrons. The smallest absolute Gasteiger partial charge is 0.242 e. The lowest BCUT2D eigenvalue weighted by Crippen LogP contribution is -2.56. The maximum atomic E-state index is 11.4. The number of nitrogens with two attached hydrogens (primary N) is 2. The van der Waals surface area contributed by atoms with Gasteiger partial charge in [-0.1, -0.05) is 0 Å². The zero-order valence-corrected chi connectivity index (χ0v) is 8.47. The number of hydrogen-bond acceptors (Lipinski definition) is 4. The Kier molecular flexibility index (Phi) is 3.25. The summed E-state index contributed by atoms with van der Waals surface area (Å²) in [6.45, 7) is -0.0334. The Morgan fingerprint density at radius 3 is 2.53 bits per heavy atom. The van der Waals surface area contributed by atoms with Crippen molar-refractivity contribution in [3.63, 3.8) is 0 Å². The number of carbonyl (C=O) groups excluding carboxylic acids is 3. The van der Waals surface area contributed by atoms with E-state index in [0.29, 0.717) is 0 Å². The van der Waals surface area contributed by atoms with Crippen LogP contribution in [-0.4, -0.2) is 60.2 Å². The normalized spacial score (nSPS) is 19.3. The van der Waals surface area contributed by atoms with Gasteiger partial charge in [0.25, 0.3) is 0 Å². The van der Waals surface area contributed by atoms with Crippen molar-refractivity contribution < 1.29 is 14.4 Å². The van der Waals surface area contributed by atoms with E-state index in [1.54, 1.807) is 7.05 Å². The molecule has 7 heteroatoms. The molecule has 0 bridgehead atoms. The fourth-order valence-corrected chi connectivity index (χ4v) is 1.26. The second kappa shape index (κ2) is 4.26. The molecule has 1 aliphatic rings. The molecule has 1 aliphatic heterocycles. The number of piperazine rings is 1. The molecule has 4 N–H and O–H groups in total. The number of primary amides is 1. The Morgan fingerprint density at radius 1 is 1.40 bits per heavy atom. The van der Waals surface area contributed by atoms with Crippen LogP contribution in [0.4, 0.5) is 0 Å². The lowest BCUT2D eigenvalue weighted by molar-refractivity contribution is -0.149. The van der Waals surface area contributed by atoms with Crippen LogP contribution < -0.4 is 11.5 Å². The Morgan fingerprint density at radius 2 is 2.00 bits per heavy atom. The Hall–Kier alpha value is -1.63. The highest BCUT2D eigenvalue weighted by atomic mass is 16.2. The van der Waals surface area contributed by atoms with Crippen molar-refractivity contribution in [2.45, 2.75) is 6.04 Å². The van der Waals surface area contributed by atoms with Crippen LogP contribution >= 0.6 is 0 Å². The summed E-state index contributed by atoms with van der Waals surface area (Å²) < 4.78 is 0. The third kappa shape index (κ3) is 2.66. The van der Waals surface area contributed by atoms with Gasteiger partial charge in [0.1, 0.15) is 6.04 Å². The molecule has 0 aliphatic carbocycles. The zero-order valence-electron chi connectivity index (χ0n) is 8.47. The van der Waals surface area contributed by atoms with Crippen molar-refractivity contribution in [2.24, 2.45) is 11.5 Å². The minimum atomic E-state index is -0.926. The van der Waals surface area contributed by atoms with Crippen LogP contribution in [0.15, 0.2) is 0 Å². The second-order valence-electron chi connectivity index (χ2n) is 3.53. The monoisotopic (exact) mass is 214 g/mol. The van der Waals surface area contributed by atoms with Crippen molar-refractivity contribution in [3.8, 4) is 0 Å². The SMILES string of the molecule is CN1CC(=O)N(CC(N)C(N)=O)CC1=O. The molecule has 84 valence electrons. The molecular formula is C8H14N4O3. The van der Waals surface area contributed by atoms with Gasteiger partial charge in [0.05, 0.1) is 13.1 Å². The lowest BCUT2D eigenvalue weighted by Gasteiger charge is -2.32. The first-order valence-electron chi connectivity index (χ1n) is 4.48. The molecule has 1 rings (SSSR count). The molecule has 0 aromatic heterocycles. The van der Waals surface area contributed by atoms with Gasteiger partial charge in [-0.3, -0.25) is 14.4 Å². The van der Waals surface area contributed by atoms with Crippen LogP contribution in [0, 0.1) is 0 Å². The molecule has 3 amide bonds. The first-order valence-corrected chi connectivity index (χ1v) is 4.48. The van der Waals surface area contributed by atoms with E-state index in [9.17, 15) is 14.4 Å². The van der Waals surface area contributed by atoms with Crippen molar-refractivity contribution in [1.29, 1.82) is 0 Å². The van der Waals surface area contributed by atoms with Crippen LogP contribution in [0.1, 0.15) is 0 Å². The quantitative estimate of drug-likeness (QED) is 0.525. The number of carbonyl (C=O) groups is 3. The molecule has 0 aromatic carbocycles. The molecule has 0 aromatic rings. The molecule has 1 unspecified atom stereocenters. The van der Waals surface area contributed by atoms with Gasteiger partial charge in [-0.15, -0.1) is 0 Å². The topological polar surface area (TPSA) is 110 Å². The van der Waals surface area contributed by atoms with Gasteiger partial charge in [0.2, 0.25) is 17.7 Å². The summed E-state index contributed by atoms with van der Waals surface area (Å²) in [6, 6.07) is -0.926. The highest BCUT2D eigenvalue weighted by Gasteiger charge is 2.29. The number of amides is 3. The van der Waals surface area contributed by atoms with Gasteiger partial charge >= 0.3 is 0 Å². The second-order valence-corrected chi connectivity index (χ2v) is 3.53. The van der Waals surface area contributed by atoms with Crippen molar-refractivity contribution in [3.05, 3.63) is 0 Å². The van der Waals surface area contributed by atoms with Gasteiger partial charge in [-0.2, -0.15) is 0 Å². The summed E-state index contributed by atoms with van der Waals surface area (Å²) in [7, 11) is 1.55. The van der Waals surface area contributed by atoms with Gasteiger partial charge < -0.3 is 21.3 Å². The van der Waals surface area contributed by atoms with Gasteiger partial charge in [0.15, 0.2) is 0 Å². The number of nitrogens with zero attached hydrogens (tertiary/aromatic N) is 2. The molecule has 1 heterocycles. The molecule has 0 saturated carbocycles. The van der Waals surface area contributed by atoms with E-state index in [1.807, 2.05) is 0 Å². The maximum absolute atomic E-state index is 11.4. The van der Waals surface area contributed by atoms with E-state index in [1.165, 1.54) is 9.80 Å². The van der Waals surface area contributed by atoms with Gasteiger partial charge in [0, 0.05) is 13.6 Å². The predicted molar refractivity (Wildman–Crippen MR) is 51.4 cm³/mol. The molecular weight excluding hydrogens is 200 g/mol. The highest BCUT2D eigenvalue weighted by molar-refractivity contribution is 5.92. The summed E-state index contributed by atoms with van der Waals surface area (Å²) in [5.74, 6) is -1.09. The minimum Gasteiger partial charge on any atom is -0.368 e. The Bertz CT molecular complexity index is 304. The van der Waals surface area contributed by atoms with Crippen LogP contribution in [0.25, 0.3) is 0 Å². The number of likely N-dealkylation sites (N-methyl/N-ethyl adjacent to an activating group) is 1. The molecule has 7 nitrogen and oxygen atoms in total. The van der Waals surface area contributed by atoms with E-state index < -0.39 is 11.9 Å². The van der Waals surface area contributed by atoms with Crippen LogP contribution in [0.3, 0.4) is 0 Å². The average Bonchev–Trinajstić information content (AvgIpc) is 2.13. The maximum Gasteiger partial charge on any atom is 0.242 e. The molecule has 1 saturated heterocycles. The first-order chi connectivity index (χ1) is 6.91. The minimum absolute atomic E-state index is 0.00620. The Labute approximate surface area is 87.0 Å². The fraction of sp³-hybridized carbons (Fsp3) is 0.625. The van der Waals surface area contributed by atoms with Gasteiger partial charge in [-0.25, -0.2) is 0 Å². The van der Waals surface area contributed by atoms with Crippen molar-refractivity contribution in [1.82, 2.24) is 9.80 Å². The molecule has 1 atom stereocenters. The third-order valence-corrected chi connectivity index (χ3v) is 2.26.